The van der Waals surface area contributed by atoms with Crippen LogP contribution in [-0.2, 0) is 0 Å². The van der Waals surface area contributed by atoms with E-state index in [0.29, 0.717) is 17.1 Å². The Labute approximate surface area is 101 Å². The number of halogens is 2. The van der Waals surface area contributed by atoms with E-state index in [1.165, 1.54) is 19.3 Å². The lowest BCUT2D eigenvalue weighted by atomic mass is 9.92. The molecule has 2 rings (SSSR count). The van der Waals surface area contributed by atoms with Crippen LogP contribution in [0.1, 0.15) is 37.8 Å². The summed E-state index contributed by atoms with van der Waals surface area (Å²) in [6.45, 7) is 2.15. The monoisotopic (exact) mass is 243 g/mol. The highest BCUT2D eigenvalue weighted by atomic mass is 35.5. The van der Waals surface area contributed by atoms with Crippen molar-refractivity contribution >= 4 is 23.2 Å². The lowest BCUT2D eigenvalue weighted by Crippen LogP contribution is -2.36. The Morgan fingerprint density at radius 2 is 2.07 bits per heavy atom. The average Bonchev–Trinajstić information content (AvgIpc) is 2.11. The van der Waals surface area contributed by atoms with Gasteiger partial charge < -0.3 is 5.32 Å². The molecule has 1 saturated carbocycles. The van der Waals surface area contributed by atoms with Gasteiger partial charge in [-0.15, -0.1) is 0 Å². The molecule has 15 heavy (non-hydrogen) atoms. The van der Waals surface area contributed by atoms with Crippen LogP contribution in [0.25, 0.3) is 0 Å². The minimum atomic E-state index is 0.306. The van der Waals surface area contributed by atoms with Crippen LogP contribution in [0.2, 0.25) is 10.0 Å². The van der Waals surface area contributed by atoms with Crippen LogP contribution in [0.3, 0.4) is 0 Å². The predicted octanol–water partition coefficient (Wildman–Crippen LogP) is 4.20. The third kappa shape index (κ3) is 2.66. The summed E-state index contributed by atoms with van der Waals surface area (Å²) >= 11 is 12.0. The molecular formula is C12H15Cl2N. The molecule has 1 aliphatic rings. The Balaban J connectivity index is 2.06. The van der Waals surface area contributed by atoms with Gasteiger partial charge in [-0.2, -0.15) is 0 Å². The molecule has 1 aromatic rings. The summed E-state index contributed by atoms with van der Waals surface area (Å²) < 4.78 is 0. The molecule has 1 fully saturated rings. The van der Waals surface area contributed by atoms with Gasteiger partial charge in [-0.25, -0.2) is 0 Å². The van der Waals surface area contributed by atoms with E-state index in [-0.39, 0.29) is 0 Å². The second-order valence-corrected chi connectivity index (χ2v) is 5.03. The van der Waals surface area contributed by atoms with Crippen LogP contribution in [0.4, 0.5) is 0 Å². The zero-order chi connectivity index (χ0) is 10.8. The second kappa shape index (κ2) is 4.73. The van der Waals surface area contributed by atoms with Gasteiger partial charge in [-0.05, 0) is 37.5 Å². The average molecular weight is 244 g/mol. The van der Waals surface area contributed by atoms with Gasteiger partial charge in [-0.3, -0.25) is 0 Å². The standard InChI is InChI=1S/C12H15Cl2N/c1-8(15-10-3-2-4-10)11-6-5-9(13)7-12(11)14/h5-8,10,15H,2-4H2,1H3. The zero-order valence-electron chi connectivity index (χ0n) is 8.76. The molecule has 1 aliphatic carbocycles. The molecule has 0 saturated heterocycles. The highest BCUT2D eigenvalue weighted by molar-refractivity contribution is 6.35. The molecule has 0 aliphatic heterocycles. The largest absolute Gasteiger partial charge is 0.307 e. The van der Waals surface area contributed by atoms with Crippen LogP contribution in [-0.4, -0.2) is 6.04 Å². The van der Waals surface area contributed by atoms with Crippen LogP contribution in [0.15, 0.2) is 18.2 Å². The van der Waals surface area contributed by atoms with Crippen molar-refractivity contribution in [3.05, 3.63) is 33.8 Å². The van der Waals surface area contributed by atoms with Crippen LogP contribution in [0, 0.1) is 0 Å². The smallest absolute Gasteiger partial charge is 0.0468 e. The Morgan fingerprint density at radius 1 is 1.33 bits per heavy atom. The molecule has 1 aromatic carbocycles. The molecule has 0 amide bonds. The fourth-order valence-corrected chi connectivity index (χ4v) is 2.44. The van der Waals surface area contributed by atoms with Crippen LogP contribution in [0.5, 0.6) is 0 Å². The molecule has 1 atom stereocenters. The number of nitrogens with one attached hydrogen (secondary N) is 1. The van der Waals surface area contributed by atoms with Crippen molar-refractivity contribution in [2.75, 3.05) is 0 Å². The lowest BCUT2D eigenvalue weighted by molar-refractivity contribution is 0.313. The summed E-state index contributed by atoms with van der Waals surface area (Å²) in [5.74, 6) is 0. The van der Waals surface area contributed by atoms with E-state index in [0.717, 1.165) is 10.6 Å². The van der Waals surface area contributed by atoms with E-state index in [9.17, 15) is 0 Å². The molecule has 0 aromatic heterocycles. The van der Waals surface area contributed by atoms with Gasteiger partial charge in [0, 0.05) is 22.1 Å². The quantitative estimate of drug-likeness (QED) is 0.840. The number of benzene rings is 1. The molecule has 0 bridgehead atoms. The summed E-state index contributed by atoms with van der Waals surface area (Å²) in [5.41, 5.74) is 1.13. The van der Waals surface area contributed by atoms with E-state index >= 15 is 0 Å². The zero-order valence-corrected chi connectivity index (χ0v) is 10.3. The molecule has 82 valence electrons. The molecule has 0 radical (unpaired) electrons. The maximum Gasteiger partial charge on any atom is 0.0468 e. The summed E-state index contributed by atoms with van der Waals surface area (Å²) in [5, 5.41) is 5.01. The van der Waals surface area contributed by atoms with Crippen molar-refractivity contribution in [1.82, 2.24) is 5.32 Å². The first-order chi connectivity index (χ1) is 7.16. The summed E-state index contributed by atoms with van der Waals surface area (Å²) in [7, 11) is 0. The molecule has 1 N–H and O–H groups in total. The molecule has 0 heterocycles. The highest BCUT2D eigenvalue weighted by Gasteiger charge is 2.20. The maximum absolute atomic E-state index is 6.14. The Bertz CT molecular complexity index is 347. The van der Waals surface area contributed by atoms with Gasteiger partial charge in [0.05, 0.1) is 0 Å². The first-order valence-corrected chi connectivity index (χ1v) is 6.13. The molecule has 3 heteroatoms. The van der Waals surface area contributed by atoms with E-state index in [1.807, 2.05) is 12.1 Å². The van der Waals surface area contributed by atoms with Crippen molar-refractivity contribution in [3.63, 3.8) is 0 Å². The Kier molecular flexibility index (Phi) is 3.55. The Morgan fingerprint density at radius 3 is 2.60 bits per heavy atom. The molecule has 1 unspecified atom stereocenters. The minimum Gasteiger partial charge on any atom is -0.307 e. The first-order valence-electron chi connectivity index (χ1n) is 5.38. The second-order valence-electron chi connectivity index (χ2n) is 4.18. The first kappa shape index (κ1) is 11.3. The maximum atomic E-state index is 6.14. The fraction of sp³-hybridized carbons (Fsp3) is 0.500. The van der Waals surface area contributed by atoms with Gasteiger partial charge in [0.15, 0.2) is 0 Å². The molecular weight excluding hydrogens is 229 g/mol. The fourth-order valence-electron chi connectivity index (χ4n) is 1.87. The topological polar surface area (TPSA) is 12.0 Å². The molecule has 1 nitrogen and oxygen atoms in total. The predicted molar refractivity (Wildman–Crippen MR) is 65.7 cm³/mol. The van der Waals surface area contributed by atoms with E-state index in [1.54, 1.807) is 6.07 Å². The van der Waals surface area contributed by atoms with E-state index in [4.69, 9.17) is 23.2 Å². The third-order valence-electron chi connectivity index (χ3n) is 3.02. The summed E-state index contributed by atoms with van der Waals surface area (Å²) in [6.07, 6.45) is 3.92. The van der Waals surface area contributed by atoms with Crippen LogP contribution >= 0.6 is 23.2 Å². The molecule has 0 spiro atoms. The van der Waals surface area contributed by atoms with Crippen molar-refractivity contribution < 1.29 is 0 Å². The van der Waals surface area contributed by atoms with Crippen molar-refractivity contribution in [1.29, 1.82) is 0 Å². The van der Waals surface area contributed by atoms with E-state index in [2.05, 4.69) is 12.2 Å². The summed E-state index contributed by atoms with van der Waals surface area (Å²) in [4.78, 5) is 0. The highest BCUT2D eigenvalue weighted by Crippen LogP contribution is 2.28. The van der Waals surface area contributed by atoms with Crippen molar-refractivity contribution in [2.24, 2.45) is 0 Å². The number of rotatable bonds is 3. The van der Waals surface area contributed by atoms with Crippen LogP contribution < -0.4 is 5.32 Å². The number of hydrogen-bond acceptors (Lipinski definition) is 1. The van der Waals surface area contributed by atoms with Gasteiger partial charge in [0.25, 0.3) is 0 Å². The van der Waals surface area contributed by atoms with E-state index < -0.39 is 0 Å². The van der Waals surface area contributed by atoms with Gasteiger partial charge >= 0.3 is 0 Å². The van der Waals surface area contributed by atoms with Gasteiger partial charge in [-0.1, -0.05) is 35.7 Å². The van der Waals surface area contributed by atoms with Gasteiger partial charge in [0.1, 0.15) is 0 Å². The minimum absolute atomic E-state index is 0.306. The normalized spacial score (nSPS) is 18.6. The van der Waals surface area contributed by atoms with Crippen molar-refractivity contribution in [2.45, 2.75) is 38.3 Å². The lowest BCUT2D eigenvalue weighted by Gasteiger charge is -2.30. The van der Waals surface area contributed by atoms with Crippen molar-refractivity contribution in [3.8, 4) is 0 Å². The van der Waals surface area contributed by atoms with Gasteiger partial charge in [0.2, 0.25) is 0 Å². The third-order valence-corrected chi connectivity index (χ3v) is 3.58. The SMILES string of the molecule is CC(NC1CCC1)c1ccc(Cl)cc1Cl. The Hall–Kier alpha value is -0.240. The number of hydrogen-bond donors (Lipinski definition) is 1. The summed E-state index contributed by atoms with van der Waals surface area (Å²) in [6, 6.07) is 6.67.